The van der Waals surface area contributed by atoms with Gasteiger partial charge in [0.15, 0.2) is 0 Å². The highest BCUT2D eigenvalue weighted by molar-refractivity contribution is 7.92. The van der Waals surface area contributed by atoms with Gasteiger partial charge >= 0.3 is 0 Å². The third-order valence-electron chi connectivity index (χ3n) is 4.28. The molecule has 1 atom stereocenters. The molecule has 5 nitrogen and oxygen atoms in total. The topological polar surface area (TPSA) is 79.2 Å². The fraction of sp³-hybridized carbons (Fsp3) is 0.375. The van der Waals surface area contributed by atoms with E-state index in [1.807, 2.05) is 18.2 Å². The number of aromatic amines is 1. The number of aromatic nitrogens is 1. The zero-order valence-electron chi connectivity index (χ0n) is 12.6. The van der Waals surface area contributed by atoms with Gasteiger partial charge in [0, 0.05) is 34.5 Å². The van der Waals surface area contributed by atoms with Gasteiger partial charge in [0.25, 0.3) is 0 Å². The summed E-state index contributed by atoms with van der Waals surface area (Å²) in [7, 11) is -1.41. The first-order valence-corrected chi connectivity index (χ1v) is 9.04. The number of likely N-dealkylation sites (N-methyl/N-ethyl adjacent to an activating group) is 1. The molecular formula is C16H21N3O2S. The van der Waals surface area contributed by atoms with Crippen LogP contribution in [0.15, 0.2) is 29.7 Å². The van der Waals surface area contributed by atoms with E-state index in [-0.39, 0.29) is 0 Å². The van der Waals surface area contributed by atoms with Crippen LogP contribution < -0.4 is 5.14 Å². The number of benzene rings is 1. The van der Waals surface area contributed by atoms with E-state index in [1.54, 1.807) is 0 Å². The maximum absolute atomic E-state index is 11.0. The van der Waals surface area contributed by atoms with Crippen LogP contribution >= 0.6 is 0 Å². The molecule has 1 saturated heterocycles. The highest BCUT2D eigenvalue weighted by atomic mass is 32.2. The molecule has 0 spiro atoms. The molecule has 1 fully saturated rings. The number of primary sulfonamides is 1. The summed E-state index contributed by atoms with van der Waals surface area (Å²) < 4.78 is 22.0. The van der Waals surface area contributed by atoms with Crippen LogP contribution in [0, 0.1) is 0 Å². The van der Waals surface area contributed by atoms with Crippen molar-refractivity contribution >= 4 is 27.0 Å². The van der Waals surface area contributed by atoms with Gasteiger partial charge in [0.05, 0.1) is 0 Å². The lowest BCUT2D eigenvalue weighted by Crippen LogP contribution is -2.26. The molecule has 6 heteroatoms. The van der Waals surface area contributed by atoms with Gasteiger partial charge in [-0.05, 0) is 56.3 Å². The fourth-order valence-electron chi connectivity index (χ4n) is 3.09. The van der Waals surface area contributed by atoms with Gasteiger partial charge in [-0.1, -0.05) is 6.07 Å². The summed E-state index contributed by atoms with van der Waals surface area (Å²) in [5.74, 6) is 0. The van der Waals surface area contributed by atoms with Crippen LogP contribution in [0.25, 0.3) is 17.0 Å². The second-order valence-corrected chi connectivity index (χ2v) is 7.46. The highest BCUT2D eigenvalue weighted by Gasteiger charge is 2.21. The van der Waals surface area contributed by atoms with E-state index >= 15 is 0 Å². The summed E-state index contributed by atoms with van der Waals surface area (Å²) in [6.07, 6.45) is 5.05. The van der Waals surface area contributed by atoms with Gasteiger partial charge in [0.1, 0.15) is 0 Å². The number of sulfonamides is 1. The Balaban J connectivity index is 1.82. The average molecular weight is 319 g/mol. The lowest BCUT2D eigenvalue weighted by Gasteiger charge is -2.18. The number of nitrogens with one attached hydrogen (secondary N) is 1. The number of nitrogens with two attached hydrogens (primary N) is 1. The molecule has 1 aromatic heterocycles. The molecular weight excluding hydrogens is 298 g/mol. The minimum absolute atomic E-state index is 0.606. The van der Waals surface area contributed by atoms with E-state index in [0.29, 0.717) is 6.04 Å². The number of rotatable bonds is 4. The summed E-state index contributed by atoms with van der Waals surface area (Å²) >= 11 is 0. The van der Waals surface area contributed by atoms with Gasteiger partial charge in [-0.2, -0.15) is 0 Å². The molecule has 0 saturated carbocycles. The van der Waals surface area contributed by atoms with Crippen LogP contribution in [-0.4, -0.2) is 37.9 Å². The van der Waals surface area contributed by atoms with E-state index in [0.717, 1.165) is 28.3 Å². The molecule has 0 bridgehead atoms. The SMILES string of the molecule is CN1CCC[C@@H]1Cc1cc2cc(C=CS(N)(=O)=O)ccc2[nH]1. The minimum atomic E-state index is -3.59. The molecule has 3 rings (SSSR count). The first-order valence-electron chi connectivity index (χ1n) is 7.43. The predicted octanol–water partition coefficient (Wildman–Crippen LogP) is 2.06. The summed E-state index contributed by atoms with van der Waals surface area (Å²) in [6, 6.07) is 8.58. The van der Waals surface area contributed by atoms with Crippen molar-refractivity contribution in [3.8, 4) is 0 Å². The van der Waals surface area contributed by atoms with E-state index < -0.39 is 10.0 Å². The van der Waals surface area contributed by atoms with Crippen LogP contribution in [0.3, 0.4) is 0 Å². The molecule has 0 radical (unpaired) electrons. The van der Waals surface area contributed by atoms with Gasteiger partial charge < -0.3 is 9.88 Å². The smallest absolute Gasteiger partial charge is 0.231 e. The Hall–Kier alpha value is -1.63. The summed E-state index contributed by atoms with van der Waals surface area (Å²) in [5, 5.41) is 7.09. The minimum Gasteiger partial charge on any atom is -0.358 e. The Labute approximate surface area is 130 Å². The Morgan fingerprint density at radius 2 is 2.23 bits per heavy atom. The van der Waals surface area contributed by atoms with Gasteiger partial charge in [-0.25, -0.2) is 13.6 Å². The van der Waals surface area contributed by atoms with Gasteiger partial charge in [0.2, 0.25) is 10.0 Å². The van der Waals surface area contributed by atoms with E-state index in [9.17, 15) is 8.42 Å². The molecule has 1 aromatic carbocycles. The van der Waals surface area contributed by atoms with Crippen LogP contribution in [0.2, 0.25) is 0 Å². The van der Waals surface area contributed by atoms with Gasteiger partial charge in [-0.15, -0.1) is 0 Å². The standard InChI is InChI=1S/C16H21N3O2S/c1-19-7-2-3-15(19)11-14-10-13-9-12(4-5-16(13)18-14)6-8-22(17,20)21/h4-6,8-10,15,18H,2-3,7,11H2,1H3,(H2,17,20,21)/t15-/m1/s1. The molecule has 1 aliphatic rings. The van der Waals surface area contributed by atoms with Crippen LogP contribution in [-0.2, 0) is 16.4 Å². The van der Waals surface area contributed by atoms with Crippen LogP contribution in [0.5, 0.6) is 0 Å². The molecule has 0 amide bonds. The number of hydrogen-bond donors (Lipinski definition) is 2. The third kappa shape index (κ3) is 3.58. The Morgan fingerprint density at radius 3 is 2.91 bits per heavy atom. The van der Waals surface area contributed by atoms with Crippen molar-refractivity contribution in [2.45, 2.75) is 25.3 Å². The largest absolute Gasteiger partial charge is 0.358 e. The van der Waals surface area contributed by atoms with Crippen molar-refractivity contribution in [3.05, 3.63) is 40.9 Å². The molecule has 3 N–H and O–H groups in total. The normalized spacial score (nSPS) is 20.4. The molecule has 2 aromatic rings. The second kappa shape index (κ2) is 5.87. The second-order valence-electron chi connectivity index (χ2n) is 6.01. The molecule has 1 aliphatic heterocycles. The first kappa shape index (κ1) is 15.3. The number of nitrogens with zero attached hydrogens (tertiary/aromatic N) is 1. The van der Waals surface area contributed by atoms with Crippen molar-refractivity contribution < 1.29 is 8.42 Å². The quantitative estimate of drug-likeness (QED) is 0.905. The van der Waals surface area contributed by atoms with Crippen molar-refractivity contribution in [1.29, 1.82) is 0 Å². The van der Waals surface area contributed by atoms with Crippen molar-refractivity contribution in [1.82, 2.24) is 9.88 Å². The number of hydrogen-bond acceptors (Lipinski definition) is 3. The van der Waals surface area contributed by atoms with E-state index in [4.69, 9.17) is 5.14 Å². The molecule has 0 unspecified atom stereocenters. The number of likely N-dealkylation sites (tertiary alicyclic amines) is 1. The number of H-pyrrole nitrogens is 1. The molecule has 0 aliphatic carbocycles. The molecule has 2 heterocycles. The Kier molecular flexibility index (Phi) is 4.08. The number of fused-ring (bicyclic) bond motifs is 1. The summed E-state index contributed by atoms with van der Waals surface area (Å²) in [4.78, 5) is 5.86. The van der Waals surface area contributed by atoms with Crippen molar-refractivity contribution in [2.24, 2.45) is 5.14 Å². The summed E-state index contributed by atoms with van der Waals surface area (Å²) in [5.41, 5.74) is 3.12. The maximum atomic E-state index is 11.0. The van der Waals surface area contributed by atoms with Crippen LogP contribution in [0.1, 0.15) is 24.1 Å². The molecule has 118 valence electrons. The first-order chi connectivity index (χ1) is 10.4. The highest BCUT2D eigenvalue weighted by Crippen LogP contribution is 2.23. The third-order valence-corrected chi connectivity index (χ3v) is 4.79. The van der Waals surface area contributed by atoms with Crippen molar-refractivity contribution in [3.63, 3.8) is 0 Å². The lowest BCUT2D eigenvalue weighted by molar-refractivity contribution is 0.308. The fourth-order valence-corrected chi connectivity index (χ4v) is 3.44. The van der Waals surface area contributed by atoms with Crippen molar-refractivity contribution in [2.75, 3.05) is 13.6 Å². The van der Waals surface area contributed by atoms with Gasteiger partial charge in [-0.3, -0.25) is 0 Å². The van der Waals surface area contributed by atoms with E-state index in [2.05, 4.69) is 23.0 Å². The maximum Gasteiger partial charge on any atom is 0.231 e. The molecule has 22 heavy (non-hydrogen) atoms. The lowest BCUT2D eigenvalue weighted by atomic mass is 10.1. The van der Waals surface area contributed by atoms with Crippen LogP contribution in [0.4, 0.5) is 0 Å². The zero-order valence-corrected chi connectivity index (χ0v) is 13.4. The Bertz CT molecular complexity index is 808. The van der Waals surface area contributed by atoms with E-state index in [1.165, 1.54) is 31.2 Å². The zero-order chi connectivity index (χ0) is 15.7. The Morgan fingerprint density at radius 1 is 1.41 bits per heavy atom. The monoisotopic (exact) mass is 319 g/mol. The summed E-state index contributed by atoms with van der Waals surface area (Å²) in [6.45, 7) is 1.17. The average Bonchev–Trinajstić information content (AvgIpc) is 3.02. The predicted molar refractivity (Wildman–Crippen MR) is 89.8 cm³/mol.